The number of fused-ring (bicyclic) bond motifs is 1. The van der Waals surface area contributed by atoms with Crippen LogP contribution in [-0.4, -0.2) is 30.7 Å². The maximum absolute atomic E-state index is 12.5. The normalized spacial score (nSPS) is 16.9. The van der Waals surface area contributed by atoms with Crippen LogP contribution in [0.2, 0.25) is 10.0 Å². The zero-order valence-electron chi connectivity index (χ0n) is 15.4. The fourth-order valence-electron chi connectivity index (χ4n) is 3.63. The lowest BCUT2D eigenvalue weighted by Gasteiger charge is -2.31. The molecule has 28 heavy (non-hydrogen) atoms. The molecule has 0 bridgehead atoms. The van der Waals surface area contributed by atoms with E-state index < -0.39 is 0 Å². The molecule has 0 saturated carbocycles. The molecule has 2 aromatic rings. The molecule has 1 saturated heterocycles. The molecule has 0 atom stereocenters. The topological polar surface area (TPSA) is 50.8 Å². The van der Waals surface area contributed by atoms with Crippen molar-refractivity contribution in [1.82, 2.24) is 10.2 Å². The van der Waals surface area contributed by atoms with Crippen LogP contribution < -0.4 is 14.8 Å². The number of likely N-dealkylation sites (tertiary alicyclic amines) is 1. The van der Waals surface area contributed by atoms with E-state index in [-0.39, 0.29) is 18.6 Å². The van der Waals surface area contributed by atoms with Gasteiger partial charge in [-0.3, -0.25) is 9.69 Å². The van der Waals surface area contributed by atoms with E-state index in [9.17, 15) is 4.79 Å². The first-order valence-corrected chi connectivity index (χ1v) is 10.2. The van der Waals surface area contributed by atoms with E-state index in [1.807, 2.05) is 30.3 Å². The molecule has 2 heterocycles. The van der Waals surface area contributed by atoms with E-state index in [0.29, 0.717) is 16.6 Å². The van der Waals surface area contributed by atoms with Crippen LogP contribution in [0.25, 0.3) is 0 Å². The second-order valence-corrected chi connectivity index (χ2v) is 8.04. The van der Waals surface area contributed by atoms with Crippen LogP contribution in [0.15, 0.2) is 36.4 Å². The average molecular weight is 421 g/mol. The highest BCUT2D eigenvalue weighted by atomic mass is 35.5. The first kappa shape index (κ1) is 19.4. The van der Waals surface area contributed by atoms with E-state index in [1.54, 1.807) is 6.07 Å². The van der Waals surface area contributed by atoms with Crippen molar-refractivity contribution < 1.29 is 14.3 Å². The average Bonchev–Trinajstić information content (AvgIpc) is 3.17. The van der Waals surface area contributed by atoms with E-state index in [0.717, 1.165) is 55.1 Å². The Bertz CT molecular complexity index is 867. The molecule has 2 aromatic carbocycles. The third-order valence-corrected chi connectivity index (χ3v) is 5.86. The predicted molar refractivity (Wildman–Crippen MR) is 109 cm³/mol. The quantitative estimate of drug-likeness (QED) is 0.785. The Kier molecular flexibility index (Phi) is 5.95. The molecule has 2 aliphatic heterocycles. The Labute approximate surface area is 174 Å². The Morgan fingerprint density at radius 3 is 2.64 bits per heavy atom. The number of nitrogens with one attached hydrogen (secondary N) is 1. The van der Waals surface area contributed by atoms with Gasteiger partial charge in [0.25, 0.3) is 0 Å². The summed E-state index contributed by atoms with van der Waals surface area (Å²) < 4.78 is 10.7. The zero-order valence-corrected chi connectivity index (χ0v) is 16.9. The number of benzene rings is 2. The summed E-state index contributed by atoms with van der Waals surface area (Å²) in [7, 11) is 0. The Morgan fingerprint density at radius 2 is 1.86 bits per heavy atom. The lowest BCUT2D eigenvalue weighted by molar-refractivity contribution is -0.126. The number of hydrogen-bond donors (Lipinski definition) is 1. The summed E-state index contributed by atoms with van der Waals surface area (Å²) in [5.41, 5.74) is 2.07. The van der Waals surface area contributed by atoms with Crippen LogP contribution in [0.3, 0.4) is 0 Å². The van der Waals surface area contributed by atoms with Gasteiger partial charge in [-0.1, -0.05) is 35.3 Å². The van der Waals surface area contributed by atoms with Crippen LogP contribution >= 0.6 is 23.2 Å². The van der Waals surface area contributed by atoms with Gasteiger partial charge in [0.05, 0.1) is 0 Å². The maximum Gasteiger partial charge on any atom is 0.231 e. The third kappa shape index (κ3) is 4.54. The van der Waals surface area contributed by atoms with Gasteiger partial charge in [-0.2, -0.15) is 0 Å². The van der Waals surface area contributed by atoms with Gasteiger partial charge in [0.1, 0.15) is 0 Å². The van der Waals surface area contributed by atoms with Crippen molar-refractivity contribution in [2.45, 2.75) is 25.9 Å². The highest BCUT2D eigenvalue weighted by Gasteiger charge is 2.25. The minimum atomic E-state index is 0.0472. The number of amides is 1. The van der Waals surface area contributed by atoms with Gasteiger partial charge < -0.3 is 14.8 Å². The number of halogens is 2. The second-order valence-electron chi connectivity index (χ2n) is 7.19. The number of ether oxygens (including phenoxy) is 2. The summed E-state index contributed by atoms with van der Waals surface area (Å²) in [6.07, 6.45) is 1.69. The Balaban J connectivity index is 1.24. The van der Waals surface area contributed by atoms with Gasteiger partial charge >= 0.3 is 0 Å². The summed E-state index contributed by atoms with van der Waals surface area (Å²) in [5, 5.41) is 4.39. The molecular formula is C21H22Cl2N2O3. The third-order valence-electron chi connectivity index (χ3n) is 5.27. The molecular weight excluding hydrogens is 399 g/mol. The summed E-state index contributed by atoms with van der Waals surface area (Å²) in [5.74, 6) is 1.65. The van der Waals surface area contributed by atoms with Crippen molar-refractivity contribution in [1.29, 1.82) is 0 Å². The number of rotatable bonds is 5. The minimum absolute atomic E-state index is 0.0472. The number of hydrogen-bond acceptors (Lipinski definition) is 4. The molecule has 5 nitrogen and oxygen atoms in total. The second kappa shape index (κ2) is 8.60. The van der Waals surface area contributed by atoms with Crippen molar-refractivity contribution in [3.8, 4) is 11.5 Å². The monoisotopic (exact) mass is 420 g/mol. The standard InChI is InChI=1S/C21H22Cl2N2O3/c22-17-3-2-16(18(23)10-17)12-25-7-5-15(6-8-25)21(26)24-11-14-1-4-19-20(9-14)28-13-27-19/h1-4,9-10,15H,5-8,11-13H2,(H,24,26). The van der Waals surface area contributed by atoms with Crippen molar-refractivity contribution in [2.75, 3.05) is 19.9 Å². The van der Waals surface area contributed by atoms with Crippen LogP contribution in [0, 0.1) is 5.92 Å². The summed E-state index contributed by atoms with van der Waals surface area (Å²) in [6.45, 7) is 3.28. The lowest BCUT2D eigenvalue weighted by Crippen LogP contribution is -2.40. The largest absolute Gasteiger partial charge is 0.454 e. The SMILES string of the molecule is O=C(NCc1ccc2c(c1)OCO2)C1CCN(Cc2ccc(Cl)cc2Cl)CC1. The molecule has 7 heteroatoms. The lowest BCUT2D eigenvalue weighted by atomic mass is 9.95. The highest BCUT2D eigenvalue weighted by molar-refractivity contribution is 6.35. The molecule has 0 aliphatic carbocycles. The fraction of sp³-hybridized carbons (Fsp3) is 0.381. The van der Waals surface area contributed by atoms with Gasteiger partial charge in [-0.15, -0.1) is 0 Å². The van der Waals surface area contributed by atoms with Crippen LogP contribution in [0.4, 0.5) is 0 Å². The van der Waals surface area contributed by atoms with E-state index in [4.69, 9.17) is 32.7 Å². The summed E-state index contributed by atoms with van der Waals surface area (Å²) in [6, 6.07) is 11.3. The smallest absolute Gasteiger partial charge is 0.231 e. The number of carbonyl (C=O) groups is 1. The van der Waals surface area contributed by atoms with Crippen molar-refractivity contribution in [3.05, 3.63) is 57.6 Å². The van der Waals surface area contributed by atoms with E-state index in [2.05, 4.69) is 10.2 Å². The first-order valence-electron chi connectivity index (χ1n) is 9.41. The molecule has 2 aliphatic rings. The van der Waals surface area contributed by atoms with Gasteiger partial charge in [-0.05, 0) is 61.3 Å². The van der Waals surface area contributed by atoms with Gasteiger partial charge in [0.2, 0.25) is 12.7 Å². The van der Waals surface area contributed by atoms with Crippen molar-refractivity contribution in [2.24, 2.45) is 5.92 Å². The van der Waals surface area contributed by atoms with Crippen molar-refractivity contribution >= 4 is 29.1 Å². The molecule has 0 aromatic heterocycles. The molecule has 0 radical (unpaired) electrons. The first-order chi connectivity index (χ1) is 13.6. The number of nitrogens with zero attached hydrogens (tertiary/aromatic N) is 1. The highest BCUT2D eigenvalue weighted by Crippen LogP contribution is 2.32. The van der Waals surface area contributed by atoms with Crippen LogP contribution in [-0.2, 0) is 17.9 Å². The molecule has 1 fully saturated rings. The summed E-state index contributed by atoms with van der Waals surface area (Å²) >= 11 is 12.2. The molecule has 0 unspecified atom stereocenters. The van der Waals surface area contributed by atoms with Crippen LogP contribution in [0.1, 0.15) is 24.0 Å². The molecule has 0 spiro atoms. The molecule has 4 rings (SSSR count). The Morgan fingerprint density at radius 1 is 1.07 bits per heavy atom. The molecule has 148 valence electrons. The predicted octanol–water partition coefficient (Wildman–Crippen LogP) is 4.25. The molecule has 1 N–H and O–H groups in total. The van der Waals surface area contributed by atoms with E-state index in [1.165, 1.54) is 0 Å². The zero-order chi connectivity index (χ0) is 19.5. The van der Waals surface area contributed by atoms with Gasteiger partial charge in [-0.25, -0.2) is 0 Å². The van der Waals surface area contributed by atoms with Gasteiger partial charge in [0, 0.05) is 29.1 Å². The number of piperidine rings is 1. The van der Waals surface area contributed by atoms with Crippen molar-refractivity contribution in [3.63, 3.8) is 0 Å². The number of carbonyl (C=O) groups excluding carboxylic acids is 1. The minimum Gasteiger partial charge on any atom is -0.454 e. The fourth-order valence-corrected chi connectivity index (χ4v) is 4.10. The van der Waals surface area contributed by atoms with Gasteiger partial charge in [0.15, 0.2) is 11.5 Å². The van der Waals surface area contributed by atoms with E-state index >= 15 is 0 Å². The molecule has 1 amide bonds. The van der Waals surface area contributed by atoms with Crippen LogP contribution in [0.5, 0.6) is 11.5 Å². The Hall–Kier alpha value is -1.95. The summed E-state index contributed by atoms with van der Waals surface area (Å²) in [4.78, 5) is 14.9. The maximum atomic E-state index is 12.5.